The number of aromatic nitrogens is 1. The Bertz CT molecular complexity index is 907. The Morgan fingerprint density at radius 3 is 2.76 bits per heavy atom. The highest BCUT2D eigenvalue weighted by atomic mass is 79.9. The quantitative estimate of drug-likeness (QED) is 0.613. The van der Waals surface area contributed by atoms with Crippen LogP contribution in [0.15, 0.2) is 52.3 Å². The Morgan fingerprint density at radius 2 is 2.04 bits per heavy atom. The Hall–Kier alpha value is -2.18. The Labute approximate surface area is 158 Å². The fourth-order valence-electron chi connectivity index (χ4n) is 2.41. The Kier molecular flexibility index (Phi) is 5.50. The third-order valence-corrected chi connectivity index (χ3v) is 5.28. The van der Waals surface area contributed by atoms with Crippen molar-refractivity contribution >= 4 is 33.2 Å². The van der Waals surface area contributed by atoms with E-state index in [1.165, 1.54) is 16.7 Å². The van der Waals surface area contributed by atoms with Crippen LogP contribution in [0.1, 0.15) is 32.2 Å². The van der Waals surface area contributed by atoms with E-state index in [1.54, 1.807) is 0 Å². The molecule has 0 aliphatic rings. The molecule has 0 bridgehead atoms. The summed E-state index contributed by atoms with van der Waals surface area (Å²) in [5.41, 5.74) is 3.12. The molecule has 4 nitrogen and oxygen atoms in total. The first-order valence-corrected chi connectivity index (χ1v) is 9.31. The van der Waals surface area contributed by atoms with Crippen LogP contribution in [0.2, 0.25) is 0 Å². The molecule has 6 heteroatoms. The van der Waals surface area contributed by atoms with Crippen molar-refractivity contribution in [3.63, 3.8) is 0 Å². The van der Waals surface area contributed by atoms with E-state index in [1.807, 2.05) is 49.4 Å². The average Bonchev–Trinajstić information content (AvgIpc) is 3.04. The summed E-state index contributed by atoms with van der Waals surface area (Å²) in [4.78, 5) is 15.0. The molecule has 0 fully saturated rings. The minimum Gasteiger partial charge on any atom is -0.543 e. The van der Waals surface area contributed by atoms with Gasteiger partial charge >= 0.3 is 0 Å². The van der Waals surface area contributed by atoms with Crippen LogP contribution in [0.5, 0.6) is 5.75 Å². The molecule has 1 heterocycles. The first-order valence-electron chi connectivity index (χ1n) is 7.64. The van der Waals surface area contributed by atoms with E-state index in [0.29, 0.717) is 13.0 Å². The molecule has 25 heavy (non-hydrogen) atoms. The number of benzene rings is 2. The second kappa shape index (κ2) is 7.80. The van der Waals surface area contributed by atoms with Crippen LogP contribution >= 0.6 is 27.3 Å². The molecule has 128 valence electrons. The number of thiazole rings is 1. The molecular formula is C19H15BrNO3S-. The maximum absolute atomic E-state index is 10.9. The molecule has 0 atom stereocenters. The largest absolute Gasteiger partial charge is 0.543 e. The van der Waals surface area contributed by atoms with Crippen molar-refractivity contribution < 1.29 is 14.6 Å². The molecule has 0 spiro atoms. The minimum atomic E-state index is -1.25. The van der Waals surface area contributed by atoms with Gasteiger partial charge in [-0.3, -0.25) is 0 Å². The molecule has 0 saturated carbocycles. The highest BCUT2D eigenvalue weighted by molar-refractivity contribution is 9.10. The average molecular weight is 417 g/mol. The topological polar surface area (TPSA) is 62.2 Å². The molecule has 3 rings (SSSR count). The fraction of sp³-hybridized carbons (Fsp3) is 0.158. The molecule has 1 aromatic heterocycles. The molecule has 0 saturated heterocycles. The van der Waals surface area contributed by atoms with Gasteiger partial charge < -0.3 is 14.6 Å². The number of halogens is 1. The molecule has 0 N–H and O–H groups in total. The van der Waals surface area contributed by atoms with Gasteiger partial charge in [-0.1, -0.05) is 51.8 Å². The van der Waals surface area contributed by atoms with E-state index in [2.05, 4.69) is 20.9 Å². The van der Waals surface area contributed by atoms with Crippen molar-refractivity contribution in [2.45, 2.75) is 20.0 Å². The zero-order valence-corrected chi connectivity index (χ0v) is 15.9. The van der Waals surface area contributed by atoms with Crippen LogP contribution in [-0.4, -0.2) is 11.0 Å². The summed E-state index contributed by atoms with van der Waals surface area (Å²) in [5.74, 6) is -0.483. The number of aromatic carboxylic acids is 1. The zero-order valence-electron chi connectivity index (χ0n) is 13.5. The normalized spacial score (nSPS) is 10.6. The van der Waals surface area contributed by atoms with Gasteiger partial charge in [-0.25, -0.2) is 4.98 Å². The smallest absolute Gasteiger partial charge is 0.123 e. The van der Waals surface area contributed by atoms with Crippen LogP contribution in [0.25, 0.3) is 0 Å². The first-order chi connectivity index (χ1) is 12.0. The van der Waals surface area contributed by atoms with Gasteiger partial charge in [0.2, 0.25) is 0 Å². The van der Waals surface area contributed by atoms with Gasteiger partial charge in [0.15, 0.2) is 0 Å². The number of ether oxygens (including phenoxy) is 1. The van der Waals surface area contributed by atoms with Crippen LogP contribution < -0.4 is 9.84 Å². The summed E-state index contributed by atoms with van der Waals surface area (Å²) in [6.07, 6.45) is 0.519. The van der Waals surface area contributed by atoms with E-state index >= 15 is 0 Å². The molecule has 0 aliphatic carbocycles. The third-order valence-electron chi connectivity index (χ3n) is 3.66. The highest BCUT2D eigenvalue weighted by Gasteiger charge is 2.10. The van der Waals surface area contributed by atoms with E-state index < -0.39 is 5.97 Å². The van der Waals surface area contributed by atoms with Crippen molar-refractivity contribution in [1.29, 1.82) is 0 Å². The second-order valence-corrected chi connectivity index (χ2v) is 7.38. The number of carboxylic acids is 1. The van der Waals surface area contributed by atoms with Crippen molar-refractivity contribution in [1.82, 2.24) is 4.98 Å². The monoisotopic (exact) mass is 416 g/mol. The molecular weight excluding hydrogens is 402 g/mol. The summed E-state index contributed by atoms with van der Waals surface area (Å²) >= 11 is 4.83. The predicted molar refractivity (Wildman–Crippen MR) is 98.9 cm³/mol. The number of hydrogen-bond donors (Lipinski definition) is 0. The van der Waals surface area contributed by atoms with Crippen molar-refractivity contribution in [2.24, 2.45) is 0 Å². The lowest BCUT2D eigenvalue weighted by Crippen LogP contribution is -2.22. The van der Waals surface area contributed by atoms with Crippen LogP contribution in [0, 0.1) is 6.92 Å². The predicted octanol–water partition coefficient (Wildman–Crippen LogP) is 3.75. The lowest BCUT2D eigenvalue weighted by Gasteiger charge is -2.12. The van der Waals surface area contributed by atoms with E-state index in [4.69, 9.17) is 4.74 Å². The molecule has 0 radical (unpaired) electrons. The number of carbonyl (C=O) groups excluding carboxylic acids is 1. The van der Waals surface area contributed by atoms with E-state index in [0.717, 1.165) is 31.9 Å². The van der Waals surface area contributed by atoms with Gasteiger partial charge in [-0.05, 0) is 19.1 Å². The molecule has 3 aromatic rings. The van der Waals surface area contributed by atoms with Gasteiger partial charge in [0.05, 0.1) is 16.7 Å². The van der Waals surface area contributed by atoms with E-state index in [9.17, 15) is 9.90 Å². The van der Waals surface area contributed by atoms with Gasteiger partial charge in [0.1, 0.15) is 12.4 Å². The highest BCUT2D eigenvalue weighted by Crippen LogP contribution is 2.26. The lowest BCUT2D eigenvalue weighted by atomic mass is 10.1. The maximum atomic E-state index is 10.9. The minimum absolute atomic E-state index is 0.0247. The lowest BCUT2D eigenvalue weighted by molar-refractivity contribution is -0.255. The summed E-state index contributed by atoms with van der Waals surface area (Å²) in [7, 11) is 0. The van der Waals surface area contributed by atoms with Crippen molar-refractivity contribution in [3.8, 4) is 5.75 Å². The molecule has 0 amide bonds. The maximum Gasteiger partial charge on any atom is 0.123 e. The second-order valence-electron chi connectivity index (χ2n) is 5.58. The first kappa shape index (κ1) is 17.6. The molecule has 2 aromatic carbocycles. The van der Waals surface area contributed by atoms with Crippen LogP contribution in [0.4, 0.5) is 0 Å². The van der Waals surface area contributed by atoms with E-state index in [-0.39, 0.29) is 5.69 Å². The number of carboxylic acid groups (broad SMARTS) is 1. The SMILES string of the molecule is Cc1ccc(OCc2ccccc2Br)c(Cc2nc(C(=O)[O-])cs2)c1. The van der Waals surface area contributed by atoms with Crippen LogP contribution in [0.3, 0.4) is 0 Å². The number of hydrogen-bond acceptors (Lipinski definition) is 5. The van der Waals surface area contributed by atoms with Gasteiger partial charge in [0, 0.05) is 27.4 Å². The number of rotatable bonds is 6. The zero-order chi connectivity index (χ0) is 17.8. The third kappa shape index (κ3) is 4.46. The standard InChI is InChI=1S/C19H16BrNO3S/c1-12-6-7-17(24-10-13-4-2-3-5-15(13)20)14(8-12)9-18-21-16(11-25-18)19(22)23/h2-8,11H,9-10H2,1H3,(H,22,23)/p-1. The fourth-order valence-corrected chi connectivity index (χ4v) is 3.59. The summed E-state index contributed by atoms with van der Waals surface area (Å²) in [6, 6.07) is 13.9. The summed E-state index contributed by atoms with van der Waals surface area (Å²) in [6.45, 7) is 2.45. The molecule has 0 unspecified atom stereocenters. The molecule has 0 aliphatic heterocycles. The van der Waals surface area contributed by atoms with Crippen LogP contribution in [-0.2, 0) is 13.0 Å². The summed E-state index contributed by atoms with van der Waals surface area (Å²) < 4.78 is 7.01. The Balaban J connectivity index is 1.80. The van der Waals surface area contributed by atoms with Crippen molar-refractivity contribution in [3.05, 3.63) is 79.7 Å². The van der Waals surface area contributed by atoms with Gasteiger partial charge in [-0.15, -0.1) is 11.3 Å². The number of aryl methyl sites for hydroxylation is 1. The Morgan fingerprint density at radius 1 is 1.24 bits per heavy atom. The van der Waals surface area contributed by atoms with Gasteiger partial charge in [-0.2, -0.15) is 0 Å². The summed E-state index contributed by atoms with van der Waals surface area (Å²) in [5, 5.41) is 13.1. The van der Waals surface area contributed by atoms with Gasteiger partial charge in [0.25, 0.3) is 0 Å². The van der Waals surface area contributed by atoms with Crippen molar-refractivity contribution in [2.75, 3.05) is 0 Å². The number of carbonyl (C=O) groups is 1. The number of nitrogens with zero attached hydrogens (tertiary/aromatic N) is 1.